The van der Waals surface area contributed by atoms with Crippen LogP contribution in [0.4, 0.5) is 5.69 Å². The van der Waals surface area contributed by atoms with E-state index >= 15 is 0 Å². The standard InChI is InChI=1S/C17H21NO4/c1-4-7-14-8-5-6-9-15(14)18(11-12(2)17(21)22)16(20)10-13(3)19/h4-6,8-9,12H,1,7,10-11H2,2-3H3,(H,21,22). The number of nitrogens with zero attached hydrogens (tertiary/aromatic N) is 1. The lowest BCUT2D eigenvalue weighted by atomic mass is 10.1. The van der Waals surface area contributed by atoms with E-state index < -0.39 is 17.8 Å². The van der Waals surface area contributed by atoms with Crippen molar-refractivity contribution in [3.05, 3.63) is 42.5 Å². The molecule has 0 saturated carbocycles. The number of rotatable bonds is 8. The number of amides is 1. The van der Waals surface area contributed by atoms with Crippen molar-refractivity contribution >= 4 is 23.3 Å². The van der Waals surface area contributed by atoms with E-state index in [1.54, 1.807) is 18.2 Å². The molecule has 5 nitrogen and oxygen atoms in total. The van der Waals surface area contributed by atoms with E-state index in [0.717, 1.165) is 5.56 Å². The Morgan fingerprint density at radius 2 is 1.95 bits per heavy atom. The summed E-state index contributed by atoms with van der Waals surface area (Å²) in [6, 6.07) is 7.24. The summed E-state index contributed by atoms with van der Waals surface area (Å²) in [4.78, 5) is 36.1. The predicted octanol–water partition coefficient (Wildman–Crippen LogP) is 2.45. The summed E-state index contributed by atoms with van der Waals surface area (Å²) >= 11 is 0. The molecule has 1 rings (SSSR count). The number of benzene rings is 1. The minimum atomic E-state index is -0.984. The highest BCUT2D eigenvalue weighted by Crippen LogP contribution is 2.23. The van der Waals surface area contributed by atoms with Crippen LogP contribution in [-0.4, -0.2) is 29.3 Å². The molecule has 1 aromatic carbocycles. The van der Waals surface area contributed by atoms with Crippen LogP contribution < -0.4 is 4.90 Å². The van der Waals surface area contributed by atoms with Crippen molar-refractivity contribution < 1.29 is 19.5 Å². The fraction of sp³-hybridized carbons (Fsp3) is 0.353. The Bertz CT molecular complexity index is 580. The van der Waals surface area contributed by atoms with Crippen LogP contribution in [0, 0.1) is 5.92 Å². The molecule has 0 fully saturated rings. The van der Waals surface area contributed by atoms with Crippen molar-refractivity contribution in [2.75, 3.05) is 11.4 Å². The molecule has 0 radical (unpaired) electrons. The maximum atomic E-state index is 12.4. The molecular formula is C17H21NO4. The first-order chi connectivity index (χ1) is 10.4. The Hall–Kier alpha value is -2.43. The summed E-state index contributed by atoms with van der Waals surface area (Å²) in [5.41, 5.74) is 1.49. The Morgan fingerprint density at radius 1 is 1.32 bits per heavy atom. The first-order valence-electron chi connectivity index (χ1n) is 7.08. The Morgan fingerprint density at radius 3 is 2.50 bits per heavy atom. The van der Waals surface area contributed by atoms with Crippen LogP contribution in [0.15, 0.2) is 36.9 Å². The molecule has 0 spiro atoms. The summed E-state index contributed by atoms with van der Waals surface area (Å²) < 4.78 is 0. The third kappa shape index (κ3) is 4.84. The van der Waals surface area contributed by atoms with Crippen molar-refractivity contribution in [3.8, 4) is 0 Å². The number of carboxylic acid groups (broad SMARTS) is 1. The number of aliphatic carboxylic acids is 1. The number of hydrogen-bond donors (Lipinski definition) is 1. The number of Topliss-reactive ketones (excluding diaryl/α,β-unsaturated/α-hetero) is 1. The Labute approximate surface area is 130 Å². The number of hydrogen-bond acceptors (Lipinski definition) is 3. The lowest BCUT2D eigenvalue weighted by molar-refractivity contribution is -0.140. The molecule has 0 aromatic heterocycles. The van der Waals surface area contributed by atoms with Gasteiger partial charge in [-0.25, -0.2) is 0 Å². The Balaban J connectivity index is 3.18. The molecule has 1 unspecified atom stereocenters. The van der Waals surface area contributed by atoms with Gasteiger partial charge in [0.2, 0.25) is 5.91 Å². The summed E-state index contributed by atoms with van der Waals surface area (Å²) in [5.74, 6) is -2.36. The quantitative estimate of drug-likeness (QED) is 0.591. The van der Waals surface area contributed by atoms with Crippen molar-refractivity contribution in [1.29, 1.82) is 0 Å². The molecule has 5 heteroatoms. The number of carbonyl (C=O) groups is 3. The number of carbonyl (C=O) groups excluding carboxylic acids is 2. The molecule has 118 valence electrons. The lowest BCUT2D eigenvalue weighted by Gasteiger charge is -2.26. The SMILES string of the molecule is C=CCc1ccccc1N(CC(C)C(=O)O)C(=O)CC(C)=O. The molecule has 22 heavy (non-hydrogen) atoms. The van der Waals surface area contributed by atoms with Gasteiger partial charge in [0.1, 0.15) is 5.78 Å². The monoisotopic (exact) mass is 303 g/mol. The molecule has 1 N–H and O–H groups in total. The number of allylic oxidation sites excluding steroid dienone is 1. The summed E-state index contributed by atoms with van der Waals surface area (Å²) in [6.07, 6.45) is 2.03. The fourth-order valence-corrected chi connectivity index (χ4v) is 2.10. The van der Waals surface area contributed by atoms with Crippen molar-refractivity contribution in [2.45, 2.75) is 26.7 Å². The number of carboxylic acids is 1. The van der Waals surface area contributed by atoms with E-state index in [1.165, 1.54) is 18.7 Å². The predicted molar refractivity (Wildman–Crippen MR) is 84.8 cm³/mol. The number of anilines is 1. The van der Waals surface area contributed by atoms with Gasteiger partial charge in [-0.05, 0) is 25.0 Å². The Kier molecular flexibility index (Phi) is 6.50. The first kappa shape index (κ1) is 17.6. The van der Waals surface area contributed by atoms with Gasteiger partial charge in [0.25, 0.3) is 0 Å². The largest absolute Gasteiger partial charge is 0.481 e. The van der Waals surface area contributed by atoms with Gasteiger partial charge in [-0.2, -0.15) is 0 Å². The number of para-hydroxylation sites is 1. The van der Waals surface area contributed by atoms with Crippen molar-refractivity contribution in [1.82, 2.24) is 0 Å². The molecule has 0 heterocycles. The second-order valence-electron chi connectivity index (χ2n) is 5.24. The maximum Gasteiger partial charge on any atom is 0.308 e. The maximum absolute atomic E-state index is 12.4. The van der Waals surface area contributed by atoms with Gasteiger partial charge in [0, 0.05) is 12.2 Å². The topological polar surface area (TPSA) is 74.7 Å². The average Bonchev–Trinajstić information content (AvgIpc) is 2.44. The van der Waals surface area contributed by atoms with Crippen LogP contribution in [0.25, 0.3) is 0 Å². The third-order valence-electron chi connectivity index (χ3n) is 3.23. The van der Waals surface area contributed by atoms with Crippen LogP contribution in [0.2, 0.25) is 0 Å². The molecule has 0 aliphatic carbocycles. The molecular weight excluding hydrogens is 282 g/mol. The number of ketones is 1. The van der Waals surface area contributed by atoms with Crippen LogP contribution in [-0.2, 0) is 20.8 Å². The molecule has 1 aromatic rings. The second kappa shape index (κ2) is 8.12. The van der Waals surface area contributed by atoms with E-state index in [0.29, 0.717) is 12.1 Å². The third-order valence-corrected chi connectivity index (χ3v) is 3.23. The van der Waals surface area contributed by atoms with Crippen LogP contribution in [0.3, 0.4) is 0 Å². The molecule has 0 aliphatic heterocycles. The van der Waals surface area contributed by atoms with Gasteiger partial charge in [-0.1, -0.05) is 31.2 Å². The van der Waals surface area contributed by atoms with Gasteiger partial charge < -0.3 is 10.0 Å². The van der Waals surface area contributed by atoms with E-state index in [2.05, 4.69) is 6.58 Å². The minimum Gasteiger partial charge on any atom is -0.481 e. The van der Waals surface area contributed by atoms with Crippen LogP contribution >= 0.6 is 0 Å². The smallest absolute Gasteiger partial charge is 0.308 e. The van der Waals surface area contributed by atoms with E-state index in [9.17, 15) is 14.4 Å². The van der Waals surface area contributed by atoms with E-state index in [4.69, 9.17) is 5.11 Å². The molecule has 0 saturated heterocycles. The average molecular weight is 303 g/mol. The zero-order valence-corrected chi connectivity index (χ0v) is 12.9. The van der Waals surface area contributed by atoms with Gasteiger partial charge in [-0.3, -0.25) is 14.4 Å². The summed E-state index contributed by atoms with van der Waals surface area (Å²) in [6.45, 7) is 6.58. The zero-order chi connectivity index (χ0) is 16.7. The zero-order valence-electron chi connectivity index (χ0n) is 12.9. The lowest BCUT2D eigenvalue weighted by Crippen LogP contribution is -2.38. The highest BCUT2D eigenvalue weighted by Gasteiger charge is 2.24. The van der Waals surface area contributed by atoms with E-state index in [-0.39, 0.29) is 18.7 Å². The van der Waals surface area contributed by atoms with Crippen LogP contribution in [0.5, 0.6) is 0 Å². The van der Waals surface area contributed by atoms with Gasteiger partial charge in [-0.15, -0.1) is 6.58 Å². The van der Waals surface area contributed by atoms with Crippen molar-refractivity contribution in [3.63, 3.8) is 0 Å². The summed E-state index contributed by atoms with van der Waals surface area (Å²) in [7, 11) is 0. The van der Waals surface area contributed by atoms with Crippen LogP contribution in [0.1, 0.15) is 25.8 Å². The molecule has 0 aliphatic rings. The van der Waals surface area contributed by atoms with E-state index in [1.807, 2.05) is 12.1 Å². The normalized spacial score (nSPS) is 11.5. The molecule has 0 bridgehead atoms. The minimum absolute atomic E-state index is 0.0234. The van der Waals surface area contributed by atoms with Gasteiger partial charge in [0.15, 0.2) is 0 Å². The fourth-order valence-electron chi connectivity index (χ4n) is 2.10. The second-order valence-corrected chi connectivity index (χ2v) is 5.24. The summed E-state index contributed by atoms with van der Waals surface area (Å²) in [5, 5.41) is 9.09. The molecule has 1 atom stereocenters. The molecule has 1 amide bonds. The first-order valence-corrected chi connectivity index (χ1v) is 7.08. The van der Waals surface area contributed by atoms with Crippen molar-refractivity contribution in [2.24, 2.45) is 5.92 Å². The highest BCUT2D eigenvalue weighted by molar-refractivity contribution is 6.05. The van der Waals surface area contributed by atoms with Gasteiger partial charge >= 0.3 is 5.97 Å². The highest BCUT2D eigenvalue weighted by atomic mass is 16.4. The van der Waals surface area contributed by atoms with Gasteiger partial charge in [0.05, 0.1) is 12.3 Å².